The van der Waals surface area contributed by atoms with Gasteiger partial charge in [-0.1, -0.05) is 104 Å². The zero-order valence-electron chi connectivity index (χ0n) is 18.7. The van der Waals surface area contributed by atoms with E-state index < -0.39 is 0 Å². The maximum Gasteiger partial charge on any atom is 0.0336 e. The lowest BCUT2D eigenvalue weighted by molar-refractivity contribution is 0.0920. The lowest BCUT2D eigenvalue weighted by Gasteiger charge is -2.49. The quantitative estimate of drug-likeness (QED) is 0.528. The van der Waals surface area contributed by atoms with E-state index in [1.165, 1.54) is 42.4 Å². The highest BCUT2D eigenvalue weighted by Gasteiger charge is 2.55. The third-order valence-corrected chi connectivity index (χ3v) is 8.49. The van der Waals surface area contributed by atoms with Crippen molar-refractivity contribution in [3.8, 4) is 0 Å². The average molecular weight is 423 g/mol. The van der Waals surface area contributed by atoms with Gasteiger partial charge >= 0.3 is 0 Å². The maximum atomic E-state index is 4.24. The Morgan fingerprint density at radius 3 is 2.06 bits per heavy atom. The number of nitrogens with one attached hydrogen (secondary N) is 2. The van der Waals surface area contributed by atoms with Crippen molar-refractivity contribution in [3.63, 3.8) is 0 Å². The minimum atomic E-state index is 0.356. The first-order valence-corrected chi connectivity index (χ1v) is 12.5. The first kappa shape index (κ1) is 20.2. The van der Waals surface area contributed by atoms with Gasteiger partial charge in [-0.15, -0.1) is 0 Å². The number of benzene rings is 3. The Balaban J connectivity index is 1.39. The van der Waals surface area contributed by atoms with Gasteiger partial charge < -0.3 is 10.6 Å². The minimum Gasteiger partial charge on any atom is -0.308 e. The Kier molecular flexibility index (Phi) is 5.58. The highest BCUT2D eigenvalue weighted by Crippen LogP contribution is 2.53. The summed E-state index contributed by atoms with van der Waals surface area (Å²) in [5.74, 6) is 2.86. The van der Waals surface area contributed by atoms with E-state index in [9.17, 15) is 0 Å². The molecule has 1 heterocycles. The van der Waals surface area contributed by atoms with E-state index in [4.69, 9.17) is 0 Å². The van der Waals surface area contributed by atoms with Crippen LogP contribution in [0.4, 0.5) is 0 Å². The molecule has 2 heteroatoms. The molecule has 6 rings (SSSR count). The molecule has 2 N–H and O–H groups in total. The molecule has 164 valence electrons. The number of rotatable bonds is 6. The van der Waals surface area contributed by atoms with Crippen molar-refractivity contribution >= 4 is 0 Å². The van der Waals surface area contributed by atoms with Gasteiger partial charge in [-0.2, -0.15) is 0 Å². The Hall–Kier alpha value is -2.42. The van der Waals surface area contributed by atoms with Crippen LogP contribution >= 0.6 is 0 Å². The number of piperidine rings is 1. The number of hydrogen-bond acceptors (Lipinski definition) is 2. The van der Waals surface area contributed by atoms with Gasteiger partial charge in [-0.3, -0.25) is 0 Å². The molecular formula is C30H34N2. The zero-order valence-corrected chi connectivity index (χ0v) is 18.7. The first-order chi connectivity index (χ1) is 15.9. The van der Waals surface area contributed by atoms with Gasteiger partial charge in [-0.05, 0) is 47.3 Å². The third-order valence-electron chi connectivity index (χ3n) is 8.49. The van der Waals surface area contributed by atoms with Crippen molar-refractivity contribution in [2.75, 3.05) is 0 Å². The summed E-state index contributed by atoms with van der Waals surface area (Å²) in [7, 11) is 0. The van der Waals surface area contributed by atoms with E-state index in [1.807, 2.05) is 0 Å². The van der Waals surface area contributed by atoms with Crippen molar-refractivity contribution in [1.29, 1.82) is 0 Å². The fourth-order valence-electron chi connectivity index (χ4n) is 7.26. The topological polar surface area (TPSA) is 24.1 Å². The summed E-state index contributed by atoms with van der Waals surface area (Å²) in [6.07, 6.45) is 5.60. The van der Waals surface area contributed by atoms with Crippen molar-refractivity contribution in [3.05, 3.63) is 108 Å². The molecule has 3 unspecified atom stereocenters. The van der Waals surface area contributed by atoms with Crippen LogP contribution < -0.4 is 10.6 Å². The highest BCUT2D eigenvalue weighted by atomic mass is 15.1. The molecule has 0 radical (unpaired) electrons. The van der Waals surface area contributed by atoms with Crippen LogP contribution in [0.2, 0.25) is 0 Å². The molecular weight excluding hydrogens is 388 g/mol. The van der Waals surface area contributed by atoms with Crippen LogP contribution in [0.3, 0.4) is 0 Å². The molecule has 2 aliphatic carbocycles. The normalized spacial score (nSPS) is 31.0. The van der Waals surface area contributed by atoms with Gasteiger partial charge in [0.15, 0.2) is 0 Å². The van der Waals surface area contributed by atoms with Gasteiger partial charge in [0.1, 0.15) is 0 Å². The molecule has 2 saturated carbocycles. The second-order valence-corrected chi connectivity index (χ2v) is 10.2. The van der Waals surface area contributed by atoms with Crippen LogP contribution in [0.5, 0.6) is 0 Å². The van der Waals surface area contributed by atoms with E-state index >= 15 is 0 Å². The first-order valence-electron chi connectivity index (χ1n) is 12.5. The number of hydrogen-bond donors (Lipinski definition) is 2. The van der Waals surface area contributed by atoms with Crippen LogP contribution in [0.15, 0.2) is 91.0 Å². The summed E-state index contributed by atoms with van der Waals surface area (Å²) in [6.45, 7) is 0.945. The molecule has 1 aliphatic heterocycles. The van der Waals surface area contributed by atoms with Crippen LogP contribution in [0, 0.1) is 17.8 Å². The van der Waals surface area contributed by atoms with E-state index in [0.717, 1.165) is 24.3 Å². The summed E-state index contributed by atoms with van der Waals surface area (Å²) in [5.41, 5.74) is 4.23. The zero-order chi connectivity index (χ0) is 21.3. The molecule has 1 saturated heterocycles. The molecule has 3 fully saturated rings. The maximum absolute atomic E-state index is 4.24. The van der Waals surface area contributed by atoms with Gasteiger partial charge in [0.2, 0.25) is 0 Å². The van der Waals surface area contributed by atoms with Gasteiger partial charge in [0.25, 0.3) is 0 Å². The molecule has 6 atom stereocenters. The van der Waals surface area contributed by atoms with Gasteiger partial charge in [0, 0.05) is 30.6 Å². The summed E-state index contributed by atoms with van der Waals surface area (Å²) in [5, 5.41) is 8.34. The second-order valence-electron chi connectivity index (χ2n) is 10.2. The molecule has 0 aromatic heterocycles. The molecule has 3 aromatic carbocycles. The lowest BCUT2D eigenvalue weighted by atomic mass is 9.66. The predicted octanol–water partition coefficient (Wildman–Crippen LogP) is 5.75. The SMILES string of the molecule is c1ccc(CNC2C(C(c3ccccc3)c3ccccc3)N[C@H]3C[C@H]4CCC[C@H]3C24)cc1. The molecule has 0 spiro atoms. The van der Waals surface area contributed by atoms with Gasteiger partial charge in [0.05, 0.1) is 0 Å². The molecule has 3 aromatic rings. The van der Waals surface area contributed by atoms with Gasteiger partial charge in [-0.25, -0.2) is 0 Å². The summed E-state index contributed by atoms with van der Waals surface area (Å²) >= 11 is 0. The Labute approximate surface area is 192 Å². The van der Waals surface area contributed by atoms with Crippen LogP contribution in [-0.4, -0.2) is 18.1 Å². The van der Waals surface area contributed by atoms with Crippen molar-refractivity contribution < 1.29 is 0 Å². The fraction of sp³-hybridized carbons (Fsp3) is 0.400. The average Bonchev–Trinajstić information content (AvgIpc) is 2.99. The fourth-order valence-corrected chi connectivity index (χ4v) is 7.26. The van der Waals surface area contributed by atoms with E-state index in [-0.39, 0.29) is 0 Å². The third kappa shape index (κ3) is 3.70. The molecule has 32 heavy (non-hydrogen) atoms. The summed E-state index contributed by atoms with van der Waals surface area (Å²) in [4.78, 5) is 0. The molecule has 2 nitrogen and oxygen atoms in total. The predicted molar refractivity (Wildman–Crippen MR) is 131 cm³/mol. The minimum absolute atomic E-state index is 0.356. The van der Waals surface area contributed by atoms with E-state index in [1.54, 1.807) is 0 Å². The summed E-state index contributed by atoms with van der Waals surface area (Å²) < 4.78 is 0. The molecule has 0 amide bonds. The largest absolute Gasteiger partial charge is 0.308 e. The monoisotopic (exact) mass is 422 g/mol. The lowest BCUT2D eigenvalue weighted by Crippen LogP contribution is -2.63. The van der Waals surface area contributed by atoms with Crippen LogP contribution in [0.1, 0.15) is 48.3 Å². The molecule has 3 aliphatic rings. The van der Waals surface area contributed by atoms with E-state index in [2.05, 4.69) is 102 Å². The van der Waals surface area contributed by atoms with Crippen LogP contribution in [-0.2, 0) is 6.54 Å². The van der Waals surface area contributed by atoms with Crippen LogP contribution in [0.25, 0.3) is 0 Å². The highest BCUT2D eigenvalue weighted by molar-refractivity contribution is 5.36. The Morgan fingerprint density at radius 1 is 0.781 bits per heavy atom. The Bertz CT molecular complexity index is 963. The second kappa shape index (κ2) is 8.84. The molecule has 4 bridgehead atoms. The smallest absolute Gasteiger partial charge is 0.0336 e. The Morgan fingerprint density at radius 2 is 1.41 bits per heavy atom. The standard InChI is InChI=1S/C30H34N2/c1-4-11-21(12-5-1)20-31-29-28-24-17-10-18-25(28)26(19-24)32-30(29)27(22-13-6-2-7-14-22)23-15-8-3-9-16-23/h1-9,11-16,24-32H,10,17-20H2/t24-,25-,26+,28?,29?,30?/m1/s1. The van der Waals surface area contributed by atoms with E-state index in [0.29, 0.717) is 24.0 Å². The van der Waals surface area contributed by atoms with Crippen molar-refractivity contribution in [2.45, 2.75) is 56.3 Å². The van der Waals surface area contributed by atoms with Crippen molar-refractivity contribution in [2.24, 2.45) is 17.8 Å². The summed E-state index contributed by atoms with van der Waals surface area (Å²) in [6, 6.07) is 34.9. The van der Waals surface area contributed by atoms with Crippen molar-refractivity contribution in [1.82, 2.24) is 10.6 Å².